The Hall–Kier alpha value is -2.92. The van der Waals surface area contributed by atoms with Crippen LogP contribution < -0.4 is 5.32 Å². The number of rotatable bonds is 8. The number of hydrogen-bond donors (Lipinski definition) is 1. The smallest absolute Gasteiger partial charge is 0.326 e. The molecule has 0 spiro atoms. The molecule has 0 unspecified atom stereocenters. The fraction of sp³-hybridized carbons (Fsp3) is 0.391. The van der Waals surface area contributed by atoms with Crippen LogP contribution in [0, 0.1) is 13.8 Å². The molecular formula is C23H27F3N4O3S. The van der Waals surface area contributed by atoms with Crippen molar-refractivity contribution in [1.82, 2.24) is 13.9 Å². The normalized spacial score (nSPS) is 12.5. The molecule has 1 heterocycles. The average Bonchev–Trinajstić information content (AvgIpc) is 3.14. The van der Waals surface area contributed by atoms with Gasteiger partial charge in [-0.05, 0) is 49.2 Å². The Bertz CT molecular complexity index is 1310. The number of benzene rings is 2. The summed E-state index contributed by atoms with van der Waals surface area (Å²) in [5.41, 5.74) is 2.46. The quantitative estimate of drug-likeness (QED) is 0.489. The number of halogens is 3. The summed E-state index contributed by atoms with van der Waals surface area (Å²) in [5, 5.41) is 2.74. The second-order valence-electron chi connectivity index (χ2n) is 7.87. The Kier molecular flexibility index (Phi) is 7.37. The van der Waals surface area contributed by atoms with Gasteiger partial charge in [-0.3, -0.25) is 4.79 Å². The van der Waals surface area contributed by atoms with Crippen molar-refractivity contribution in [3.05, 3.63) is 53.3 Å². The van der Waals surface area contributed by atoms with E-state index in [9.17, 15) is 26.4 Å². The zero-order chi connectivity index (χ0) is 25.3. The molecule has 11 heteroatoms. The van der Waals surface area contributed by atoms with Crippen LogP contribution in [-0.2, 0) is 27.5 Å². The summed E-state index contributed by atoms with van der Waals surface area (Å²) in [6.07, 6.45) is -5.00. The lowest BCUT2D eigenvalue weighted by molar-refractivity contribution is -0.147. The lowest BCUT2D eigenvalue weighted by atomic mass is 10.1. The molecule has 0 bridgehead atoms. The van der Waals surface area contributed by atoms with Crippen molar-refractivity contribution < 1.29 is 26.4 Å². The number of sulfonamides is 1. The number of aryl methyl sites for hydroxylation is 2. The van der Waals surface area contributed by atoms with Gasteiger partial charge in [0, 0.05) is 31.7 Å². The van der Waals surface area contributed by atoms with Crippen LogP contribution in [0.4, 0.5) is 18.9 Å². The van der Waals surface area contributed by atoms with Gasteiger partial charge in [-0.2, -0.15) is 17.5 Å². The number of carbonyl (C=O) groups is 1. The lowest BCUT2D eigenvalue weighted by Gasteiger charge is -2.18. The molecule has 184 valence electrons. The van der Waals surface area contributed by atoms with E-state index in [0.717, 1.165) is 21.8 Å². The van der Waals surface area contributed by atoms with E-state index >= 15 is 0 Å². The summed E-state index contributed by atoms with van der Waals surface area (Å²) < 4.78 is 68.8. The van der Waals surface area contributed by atoms with E-state index in [1.54, 1.807) is 26.0 Å². The fourth-order valence-corrected chi connectivity index (χ4v) is 5.22. The number of carbonyl (C=O) groups excluding carboxylic acids is 1. The summed E-state index contributed by atoms with van der Waals surface area (Å²) >= 11 is 0. The first-order valence-corrected chi connectivity index (χ1v) is 12.3. The summed E-state index contributed by atoms with van der Waals surface area (Å²) in [6, 6.07) is 9.12. The van der Waals surface area contributed by atoms with Crippen LogP contribution >= 0.6 is 0 Å². The van der Waals surface area contributed by atoms with Gasteiger partial charge in [0.2, 0.25) is 21.8 Å². The van der Waals surface area contributed by atoms with Crippen molar-refractivity contribution in [1.29, 1.82) is 0 Å². The minimum atomic E-state index is -4.78. The van der Waals surface area contributed by atoms with Gasteiger partial charge in [0.1, 0.15) is 0 Å². The lowest BCUT2D eigenvalue weighted by Crippen LogP contribution is -2.30. The van der Waals surface area contributed by atoms with Crippen molar-refractivity contribution in [2.24, 2.45) is 0 Å². The maximum absolute atomic E-state index is 13.7. The van der Waals surface area contributed by atoms with E-state index in [1.807, 2.05) is 19.9 Å². The molecule has 1 amide bonds. The number of fused-ring (bicyclic) bond motifs is 1. The highest BCUT2D eigenvalue weighted by Gasteiger charge is 2.38. The minimum Gasteiger partial charge on any atom is -0.326 e. The number of hydrogen-bond acceptors (Lipinski definition) is 4. The van der Waals surface area contributed by atoms with Crippen LogP contribution in [-0.4, -0.2) is 41.3 Å². The van der Waals surface area contributed by atoms with Gasteiger partial charge in [0.05, 0.1) is 15.9 Å². The third kappa shape index (κ3) is 5.10. The number of imidazole rings is 1. The average molecular weight is 497 g/mol. The SMILES string of the molecule is CCN(CC)S(=O)(=O)c1ccc2c(c1)nc(C(F)(F)F)n2CCC(=O)Nc1cccc(C)c1C. The molecule has 3 rings (SSSR count). The van der Waals surface area contributed by atoms with Gasteiger partial charge in [0.15, 0.2) is 0 Å². The highest BCUT2D eigenvalue weighted by Crippen LogP contribution is 2.33. The third-order valence-electron chi connectivity index (χ3n) is 5.76. The van der Waals surface area contributed by atoms with Crippen LogP contribution in [0.2, 0.25) is 0 Å². The molecule has 0 saturated carbocycles. The highest BCUT2D eigenvalue weighted by atomic mass is 32.2. The topological polar surface area (TPSA) is 84.3 Å². The van der Waals surface area contributed by atoms with Crippen molar-refractivity contribution in [3.8, 4) is 0 Å². The third-order valence-corrected chi connectivity index (χ3v) is 7.80. The first-order valence-electron chi connectivity index (χ1n) is 10.8. The molecule has 7 nitrogen and oxygen atoms in total. The predicted molar refractivity (Wildman–Crippen MR) is 124 cm³/mol. The maximum Gasteiger partial charge on any atom is 0.449 e. The molecule has 2 aromatic carbocycles. The van der Waals surface area contributed by atoms with Gasteiger partial charge in [-0.1, -0.05) is 26.0 Å². The van der Waals surface area contributed by atoms with Gasteiger partial charge in [-0.25, -0.2) is 13.4 Å². The molecule has 0 aliphatic carbocycles. The number of amides is 1. The molecule has 0 aliphatic rings. The minimum absolute atomic E-state index is 0.101. The Labute approximate surface area is 196 Å². The summed E-state index contributed by atoms with van der Waals surface area (Å²) in [7, 11) is -3.86. The Morgan fingerprint density at radius 2 is 1.79 bits per heavy atom. The first kappa shape index (κ1) is 25.7. The molecule has 3 aromatic rings. The summed E-state index contributed by atoms with van der Waals surface area (Å²) in [5.74, 6) is -1.62. The molecular weight excluding hydrogens is 469 g/mol. The fourth-order valence-electron chi connectivity index (χ4n) is 3.74. The van der Waals surface area contributed by atoms with Crippen molar-refractivity contribution >= 4 is 32.7 Å². The molecule has 0 aliphatic heterocycles. The van der Waals surface area contributed by atoms with E-state index in [-0.39, 0.29) is 42.0 Å². The summed E-state index contributed by atoms with van der Waals surface area (Å²) in [6.45, 7) is 7.29. The maximum atomic E-state index is 13.7. The van der Waals surface area contributed by atoms with Crippen LogP contribution in [0.1, 0.15) is 37.2 Å². The number of alkyl halides is 3. The molecule has 0 atom stereocenters. The van der Waals surface area contributed by atoms with Crippen molar-refractivity contribution in [2.45, 2.75) is 51.7 Å². The van der Waals surface area contributed by atoms with Crippen LogP contribution in [0.15, 0.2) is 41.3 Å². The van der Waals surface area contributed by atoms with Crippen molar-refractivity contribution in [3.63, 3.8) is 0 Å². The molecule has 0 radical (unpaired) electrons. The zero-order valence-corrected chi connectivity index (χ0v) is 20.2. The second-order valence-corrected chi connectivity index (χ2v) is 9.81. The van der Waals surface area contributed by atoms with Crippen LogP contribution in [0.25, 0.3) is 11.0 Å². The van der Waals surface area contributed by atoms with E-state index < -0.39 is 27.9 Å². The van der Waals surface area contributed by atoms with E-state index in [1.165, 1.54) is 16.4 Å². The predicted octanol–water partition coefficient (Wildman–Crippen LogP) is 4.73. The van der Waals surface area contributed by atoms with Crippen LogP contribution in [0.3, 0.4) is 0 Å². The molecule has 0 saturated heterocycles. The Morgan fingerprint density at radius 1 is 1.12 bits per heavy atom. The van der Waals surface area contributed by atoms with Gasteiger partial charge in [-0.15, -0.1) is 0 Å². The molecule has 34 heavy (non-hydrogen) atoms. The highest BCUT2D eigenvalue weighted by molar-refractivity contribution is 7.89. The largest absolute Gasteiger partial charge is 0.449 e. The summed E-state index contributed by atoms with van der Waals surface area (Å²) in [4.78, 5) is 16.0. The van der Waals surface area contributed by atoms with E-state index in [2.05, 4.69) is 10.3 Å². The molecule has 1 aromatic heterocycles. The molecule has 1 N–H and O–H groups in total. The number of nitrogens with one attached hydrogen (secondary N) is 1. The Morgan fingerprint density at radius 3 is 2.41 bits per heavy atom. The monoisotopic (exact) mass is 496 g/mol. The molecule has 0 fully saturated rings. The standard InChI is InChI=1S/C23H27F3N4O3S/c1-5-29(6-2)34(32,33)17-10-11-20-19(14-17)28-22(23(24,25)26)30(20)13-12-21(31)27-18-9-7-8-15(3)16(18)4/h7-11,14H,5-6,12-13H2,1-4H3,(H,27,31). The van der Waals surface area contributed by atoms with Gasteiger partial charge in [0.25, 0.3) is 0 Å². The van der Waals surface area contributed by atoms with Crippen molar-refractivity contribution in [2.75, 3.05) is 18.4 Å². The number of anilines is 1. The van der Waals surface area contributed by atoms with Gasteiger partial charge < -0.3 is 9.88 Å². The number of nitrogens with zero attached hydrogens (tertiary/aromatic N) is 3. The Balaban J connectivity index is 1.93. The number of aromatic nitrogens is 2. The van der Waals surface area contributed by atoms with Gasteiger partial charge >= 0.3 is 6.18 Å². The zero-order valence-electron chi connectivity index (χ0n) is 19.4. The van der Waals surface area contributed by atoms with Crippen LogP contribution in [0.5, 0.6) is 0 Å². The second kappa shape index (κ2) is 9.75. The van der Waals surface area contributed by atoms with E-state index in [4.69, 9.17) is 0 Å². The first-order chi connectivity index (χ1) is 15.9. The van der Waals surface area contributed by atoms with E-state index in [0.29, 0.717) is 5.69 Å².